The molecule has 2 aromatic carbocycles. The Hall–Kier alpha value is -3.32. The Morgan fingerprint density at radius 1 is 0.853 bits per heavy atom. The number of carbonyl (C=O) groups excluding carboxylic acids is 2. The van der Waals surface area contributed by atoms with Crippen molar-refractivity contribution in [1.29, 1.82) is 0 Å². The van der Waals surface area contributed by atoms with Gasteiger partial charge in [0.1, 0.15) is 17.2 Å². The Morgan fingerprint density at radius 3 is 2.32 bits per heavy atom. The second kappa shape index (κ2) is 12.8. The van der Waals surface area contributed by atoms with E-state index in [4.69, 9.17) is 14.2 Å². The molecule has 0 radical (unpaired) electrons. The molecule has 0 saturated carbocycles. The minimum atomic E-state index is -0.343. The van der Waals surface area contributed by atoms with E-state index in [9.17, 15) is 9.59 Å². The van der Waals surface area contributed by atoms with Gasteiger partial charge in [-0.05, 0) is 49.1 Å². The van der Waals surface area contributed by atoms with Gasteiger partial charge in [-0.25, -0.2) is 0 Å². The van der Waals surface area contributed by atoms with Crippen LogP contribution >= 0.6 is 0 Å². The maximum atomic E-state index is 13.4. The largest absolute Gasteiger partial charge is 0.497 e. The van der Waals surface area contributed by atoms with Crippen molar-refractivity contribution in [3.05, 3.63) is 59.8 Å². The van der Waals surface area contributed by atoms with Crippen molar-refractivity contribution in [3.8, 4) is 11.5 Å². The molecule has 0 spiro atoms. The Kier molecular flexibility index (Phi) is 9.52. The number of hydrogen-bond acceptors (Lipinski definition) is 6. The van der Waals surface area contributed by atoms with E-state index >= 15 is 0 Å². The van der Waals surface area contributed by atoms with Gasteiger partial charge < -0.3 is 19.5 Å². The van der Waals surface area contributed by atoms with E-state index in [1.54, 1.807) is 31.4 Å². The lowest BCUT2D eigenvalue weighted by atomic mass is 10.0. The molecule has 0 bridgehead atoms. The third-order valence-corrected chi connectivity index (χ3v) is 5.44. The number of rotatable bonds is 14. The quantitative estimate of drug-likeness (QED) is 0.316. The molecule has 2 amide bonds. The summed E-state index contributed by atoms with van der Waals surface area (Å²) in [7, 11) is 1.59. The number of ether oxygens (including phenoxy) is 3. The van der Waals surface area contributed by atoms with Crippen molar-refractivity contribution in [3.63, 3.8) is 0 Å². The minimum Gasteiger partial charge on any atom is -0.497 e. The molecular formula is C27H34N2O5. The second-order valence-corrected chi connectivity index (χ2v) is 8.06. The monoisotopic (exact) mass is 466 g/mol. The van der Waals surface area contributed by atoms with Gasteiger partial charge >= 0.3 is 0 Å². The average molecular weight is 467 g/mol. The molecule has 1 N–H and O–H groups in total. The summed E-state index contributed by atoms with van der Waals surface area (Å²) in [6, 6.07) is 14.5. The summed E-state index contributed by atoms with van der Waals surface area (Å²) >= 11 is 0. The maximum absolute atomic E-state index is 13.4. The summed E-state index contributed by atoms with van der Waals surface area (Å²) in [6.45, 7) is 6.26. The zero-order valence-electron chi connectivity index (χ0n) is 20.3. The number of hydrogen-bond donors (Lipinski definition) is 1. The van der Waals surface area contributed by atoms with Gasteiger partial charge in [-0.3, -0.25) is 14.5 Å². The first-order valence-electron chi connectivity index (χ1n) is 11.9. The van der Waals surface area contributed by atoms with E-state index in [2.05, 4.69) is 12.2 Å². The van der Waals surface area contributed by atoms with Crippen LogP contribution in [-0.4, -0.2) is 50.2 Å². The van der Waals surface area contributed by atoms with Crippen molar-refractivity contribution in [2.24, 2.45) is 0 Å². The number of nitrogens with one attached hydrogen (secondary N) is 1. The highest BCUT2D eigenvalue weighted by molar-refractivity contribution is 6.36. The lowest BCUT2D eigenvalue weighted by Gasteiger charge is -2.15. The summed E-state index contributed by atoms with van der Waals surface area (Å²) in [5.41, 5.74) is 1.94. The number of imide groups is 1. The molecule has 3 rings (SSSR count). The van der Waals surface area contributed by atoms with E-state index < -0.39 is 0 Å². The summed E-state index contributed by atoms with van der Waals surface area (Å²) in [4.78, 5) is 28.0. The highest BCUT2D eigenvalue weighted by Crippen LogP contribution is 2.32. The zero-order chi connectivity index (χ0) is 24.3. The van der Waals surface area contributed by atoms with Gasteiger partial charge in [0.25, 0.3) is 11.8 Å². The van der Waals surface area contributed by atoms with Gasteiger partial charge in [0.05, 0.1) is 19.3 Å². The number of nitrogens with zero attached hydrogens (tertiary/aromatic N) is 1. The van der Waals surface area contributed by atoms with E-state index in [0.717, 1.165) is 19.3 Å². The van der Waals surface area contributed by atoms with Crippen LogP contribution in [0.25, 0.3) is 5.57 Å². The van der Waals surface area contributed by atoms with Crippen LogP contribution in [0.1, 0.15) is 45.1 Å². The number of amides is 2. The number of unbranched alkanes of at least 4 members (excludes halogenated alkanes) is 1. The van der Waals surface area contributed by atoms with Gasteiger partial charge in [-0.2, -0.15) is 0 Å². The topological polar surface area (TPSA) is 77.1 Å². The van der Waals surface area contributed by atoms with E-state index in [1.165, 1.54) is 4.90 Å². The summed E-state index contributed by atoms with van der Waals surface area (Å²) < 4.78 is 16.6. The van der Waals surface area contributed by atoms with Crippen LogP contribution in [0.15, 0.2) is 54.2 Å². The summed E-state index contributed by atoms with van der Waals surface area (Å²) in [5.74, 6) is 0.725. The predicted molar refractivity (Wildman–Crippen MR) is 133 cm³/mol. The maximum Gasteiger partial charge on any atom is 0.278 e. The fourth-order valence-corrected chi connectivity index (χ4v) is 3.62. The average Bonchev–Trinajstić information content (AvgIpc) is 3.09. The Labute approximate surface area is 201 Å². The van der Waals surface area contributed by atoms with Crippen LogP contribution in [0.4, 0.5) is 5.69 Å². The Bertz CT molecular complexity index is 1000. The van der Waals surface area contributed by atoms with Gasteiger partial charge in [-0.15, -0.1) is 0 Å². The molecule has 0 atom stereocenters. The number of anilines is 1. The molecule has 0 aliphatic carbocycles. The van der Waals surface area contributed by atoms with Gasteiger partial charge in [-0.1, -0.05) is 38.5 Å². The third kappa shape index (κ3) is 6.38. The normalized spacial score (nSPS) is 13.6. The fourth-order valence-electron chi connectivity index (χ4n) is 3.62. The first-order valence-corrected chi connectivity index (χ1v) is 11.9. The van der Waals surface area contributed by atoms with Crippen LogP contribution in [0.5, 0.6) is 11.5 Å². The van der Waals surface area contributed by atoms with Crippen molar-refractivity contribution in [2.75, 3.05) is 38.8 Å². The van der Waals surface area contributed by atoms with E-state index in [1.807, 2.05) is 31.2 Å². The molecule has 2 aromatic rings. The third-order valence-electron chi connectivity index (χ3n) is 5.44. The molecule has 0 fully saturated rings. The Morgan fingerprint density at radius 2 is 1.62 bits per heavy atom. The first kappa shape index (κ1) is 25.3. The zero-order valence-corrected chi connectivity index (χ0v) is 20.3. The predicted octanol–water partition coefficient (Wildman–Crippen LogP) is 4.88. The van der Waals surface area contributed by atoms with E-state index in [-0.39, 0.29) is 17.5 Å². The van der Waals surface area contributed by atoms with Crippen molar-refractivity contribution < 1.29 is 23.8 Å². The van der Waals surface area contributed by atoms with Crippen LogP contribution in [0, 0.1) is 0 Å². The molecular weight excluding hydrogens is 432 g/mol. The fraction of sp³-hybridized carbons (Fsp3) is 0.407. The highest BCUT2D eigenvalue weighted by Gasteiger charge is 2.38. The van der Waals surface area contributed by atoms with Crippen LogP contribution in [-0.2, 0) is 14.3 Å². The molecule has 0 unspecified atom stereocenters. The molecule has 1 aliphatic rings. The summed E-state index contributed by atoms with van der Waals surface area (Å²) in [6.07, 6.45) is 3.55. The van der Waals surface area contributed by atoms with Gasteiger partial charge in [0, 0.05) is 31.5 Å². The molecule has 7 nitrogen and oxygen atoms in total. The van der Waals surface area contributed by atoms with Gasteiger partial charge in [0.2, 0.25) is 0 Å². The minimum absolute atomic E-state index is 0.259. The SMILES string of the molecule is CCCCOCCCN1C(=O)C(Nc2cccc(OCCC)c2)=C(c2ccc(OC)cc2)C1=O. The molecule has 7 heteroatoms. The van der Waals surface area contributed by atoms with Gasteiger partial charge in [0.15, 0.2) is 0 Å². The number of benzene rings is 2. The number of methoxy groups -OCH3 is 1. The van der Waals surface area contributed by atoms with E-state index in [0.29, 0.717) is 61.1 Å². The smallest absolute Gasteiger partial charge is 0.278 e. The summed E-state index contributed by atoms with van der Waals surface area (Å²) in [5, 5.41) is 3.19. The molecule has 0 saturated heterocycles. The standard InChI is InChI=1S/C27H34N2O5/c1-4-6-17-33-18-8-15-29-26(30)24(20-11-13-22(32-3)14-12-20)25(27(29)31)28-21-9-7-10-23(19-21)34-16-5-2/h7,9-14,19,28H,4-6,8,15-18H2,1-3H3. The van der Waals surface area contributed by atoms with Crippen LogP contribution in [0.3, 0.4) is 0 Å². The molecule has 182 valence electrons. The molecule has 1 aliphatic heterocycles. The van der Waals surface area contributed by atoms with Crippen LogP contribution in [0.2, 0.25) is 0 Å². The molecule has 0 aromatic heterocycles. The highest BCUT2D eigenvalue weighted by atomic mass is 16.5. The number of carbonyl (C=O) groups is 2. The van der Waals surface area contributed by atoms with Crippen molar-refractivity contribution >= 4 is 23.1 Å². The molecule has 1 heterocycles. The second-order valence-electron chi connectivity index (χ2n) is 8.06. The Balaban J connectivity index is 1.83. The van der Waals surface area contributed by atoms with Crippen molar-refractivity contribution in [1.82, 2.24) is 4.90 Å². The van der Waals surface area contributed by atoms with Crippen molar-refractivity contribution in [2.45, 2.75) is 39.5 Å². The molecule has 34 heavy (non-hydrogen) atoms. The lowest BCUT2D eigenvalue weighted by Crippen LogP contribution is -2.34. The first-order chi connectivity index (χ1) is 16.6. The van der Waals surface area contributed by atoms with Crippen LogP contribution < -0.4 is 14.8 Å². The lowest BCUT2D eigenvalue weighted by molar-refractivity contribution is -0.137.